The zero-order valence-electron chi connectivity index (χ0n) is 20.4. The Bertz CT molecular complexity index is 1870. The van der Waals surface area contributed by atoms with E-state index in [1.54, 1.807) is 31.3 Å². The van der Waals surface area contributed by atoms with E-state index in [1.165, 1.54) is 6.33 Å². The highest BCUT2D eigenvalue weighted by molar-refractivity contribution is 6.09. The molecule has 0 fully saturated rings. The molecule has 4 heterocycles. The first kappa shape index (κ1) is 22.3. The maximum atomic E-state index is 13.2. The number of nitrogens with one attached hydrogen (secondary N) is 2. The van der Waals surface area contributed by atoms with Gasteiger partial charge in [-0.25, -0.2) is 19.7 Å². The molecule has 0 bridgehead atoms. The van der Waals surface area contributed by atoms with Gasteiger partial charge < -0.3 is 9.73 Å². The fourth-order valence-electron chi connectivity index (χ4n) is 5.76. The minimum atomic E-state index is -0.614. The zero-order valence-corrected chi connectivity index (χ0v) is 20.4. The van der Waals surface area contributed by atoms with Gasteiger partial charge in [0.25, 0.3) is 0 Å². The van der Waals surface area contributed by atoms with Crippen molar-refractivity contribution in [3.05, 3.63) is 116 Å². The van der Waals surface area contributed by atoms with E-state index in [-0.39, 0.29) is 17.4 Å². The molecule has 5 aromatic rings. The van der Waals surface area contributed by atoms with Crippen molar-refractivity contribution in [2.45, 2.75) is 31.6 Å². The van der Waals surface area contributed by atoms with E-state index in [0.29, 0.717) is 47.4 Å². The Morgan fingerprint density at radius 1 is 1.03 bits per heavy atom. The Hall–Kier alpha value is -4.92. The van der Waals surface area contributed by atoms with Crippen molar-refractivity contribution in [3.8, 4) is 0 Å². The number of fused-ring (bicyclic) bond motifs is 4. The molecule has 0 saturated carbocycles. The smallest absolute Gasteiger partial charge is 0.408 e. The SMILES string of the molecule is Cc1cc(C(=O)c2cc(Cc3ccc4c(c3)CC3(C4)C(=O)Nc4ncccc43)ncn2)cc2oc(=O)[nH]c12. The van der Waals surface area contributed by atoms with Gasteiger partial charge in [0.15, 0.2) is 5.58 Å². The van der Waals surface area contributed by atoms with E-state index in [0.717, 1.165) is 27.8 Å². The Morgan fingerprint density at radius 2 is 1.89 bits per heavy atom. The van der Waals surface area contributed by atoms with Crippen molar-refractivity contribution in [1.82, 2.24) is 19.9 Å². The van der Waals surface area contributed by atoms with Gasteiger partial charge >= 0.3 is 5.76 Å². The molecule has 1 unspecified atom stereocenters. The van der Waals surface area contributed by atoms with E-state index < -0.39 is 11.2 Å². The molecule has 2 N–H and O–H groups in total. The highest BCUT2D eigenvalue weighted by Crippen LogP contribution is 2.46. The highest BCUT2D eigenvalue weighted by Gasteiger charge is 2.51. The quantitative estimate of drug-likeness (QED) is 0.359. The number of anilines is 1. The van der Waals surface area contributed by atoms with Crippen LogP contribution in [0.1, 0.15) is 49.6 Å². The van der Waals surface area contributed by atoms with Gasteiger partial charge in [-0.15, -0.1) is 0 Å². The number of aromatic nitrogens is 4. The summed E-state index contributed by atoms with van der Waals surface area (Å²) in [5.41, 5.74) is 6.65. The van der Waals surface area contributed by atoms with Crippen LogP contribution in [0.3, 0.4) is 0 Å². The number of oxazole rings is 1. The number of hydrogen-bond acceptors (Lipinski definition) is 7. The number of nitrogens with zero attached hydrogens (tertiary/aromatic N) is 3. The molecule has 3 aromatic heterocycles. The lowest BCUT2D eigenvalue weighted by atomic mass is 9.79. The van der Waals surface area contributed by atoms with Gasteiger partial charge in [-0.2, -0.15) is 0 Å². The summed E-state index contributed by atoms with van der Waals surface area (Å²) < 4.78 is 5.15. The van der Waals surface area contributed by atoms with Crippen LogP contribution in [0.2, 0.25) is 0 Å². The van der Waals surface area contributed by atoms with E-state index in [9.17, 15) is 14.4 Å². The number of carbonyl (C=O) groups is 2. The summed E-state index contributed by atoms with van der Waals surface area (Å²) in [7, 11) is 0. The summed E-state index contributed by atoms with van der Waals surface area (Å²) >= 11 is 0. The second-order valence-electron chi connectivity index (χ2n) is 9.97. The van der Waals surface area contributed by atoms with Crippen molar-refractivity contribution in [2.24, 2.45) is 0 Å². The third-order valence-corrected chi connectivity index (χ3v) is 7.58. The molecule has 1 atom stereocenters. The number of H-pyrrole nitrogens is 1. The fourth-order valence-corrected chi connectivity index (χ4v) is 5.76. The minimum Gasteiger partial charge on any atom is -0.408 e. The molecular formula is C29H21N5O4. The molecule has 1 spiro atoms. The summed E-state index contributed by atoms with van der Waals surface area (Å²) in [5, 5.41) is 2.94. The molecule has 38 heavy (non-hydrogen) atoms. The predicted octanol–water partition coefficient (Wildman–Crippen LogP) is 3.43. The van der Waals surface area contributed by atoms with Crippen molar-refractivity contribution in [3.63, 3.8) is 0 Å². The molecule has 186 valence electrons. The highest BCUT2D eigenvalue weighted by atomic mass is 16.4. The number of hydrogen-bond donors (Lipinski definition) is 2. The maximum absolute atomic E-state index is 13.2. The Labute approximate surface area is 216 Å². The molecular weight excluding hydrogens is 482 g/mol. The molecule has 1 aliphatic heterocycles. The number of aryl methyl sites for hydroxylation is 1. The van der Waals surface area contributed by atoms with Crippen LogP contribution in [-0.4, -0.2) is 31.6 Å². The van der Waals surface area contributed by atoms with Crippen molar-refractivity contribution < 1.29 is 14.0 Å². The van der Waals surface area contributed by atoms with Crippen LogP contribution in [0.4, 0.5) is 5.82 Å². The molecule has 9 nitrogen and oxygen atoms in total. The van der Waals surface area contributed by atoms with E-state index in [2.05, 4.69) is 37.4 Å². The molecule has 7 rings (SSSR count). The summed E-state index contributed by atoms with van der Waals surface area (Å²) in [4.78, 5) is 53.3. The summed E-state index contributed by atoms with van der Waals surface area (Å²) in [6.45, 7) is 1.80. The third kappa shape index (κ3) is 3.39. The van der Waals surface area contributed by atoms with Crippen LogP contribution in [0.15, 0.2) is 70.3 Å². The lowest BCUT2D eigenvalue weighted by Crippen LogP contribution is -2.35. The van der Waals surface area contributed by atoms with Gasteiger partial charge in [0.05, 0.1) is 10.9 Å². The number of amides is 1. The average molecular weight is 504 g/mol. The standard InChI is InChI=1S/C29H21N5O4/c1-15-7-18(10-23-24(15)33-28(37)38-23)25(35)22-11-20(31-14-32-22)9-16-4-5-17-12-29(13-19(17)8-16)21-3-2-6-30-26(21)34-27(29)36/h2-8,10-11,14H,9,12-13H2,1H3,(H,33,37)(H,30,34,36). The minimum absolute atomic E-state index is 0.00440. The lowest BCUT2D eigenvalue weighted by molar-refractivity contribution is -0.120. The number of pyridine rings is 1. The topological polar surface area (TPSA) is 131 Å². The predicted molar refractivity (Wildman–Crippen MR) is 138 cm³/mol. The van der Waals surface area contributed by atoms with Gasteiger partial charge in [0.2, 0.25) is 11.7 Å². The lowest BCUT2D eigenvalue weighted by Gasteiger charge is -2.20. The number of ketones is 1. The second kappa shape index (κ2) is 8.04. The molecule has 0 radical (unpaired) electrons. The monoisotopic (exact) mass is 503 g/mol. The molecule has 1 aliphatic carbocycles. The van der Waals surface area contributed by atoms with Crippen molar-refractivity contribution in [1.29, 1.82) is 0 Å². The first-order valence-corrected chi connectivity index (χ1v) is 12.3. The Morgan fingerprint density at radius 3 is 2.79 bits per heavy atom. The molecule has 2 aromatic carbocycles. The van der Waals surface area contributed by atoms with Gasteiger partial charge in [-0.1, -0.05) is 24.3 Å². The van der Waals surface area contributed by atoms with Gasteiger partial charge in [0, 0.05) is 29.4 Å². The number of aromatic amines is 1. The van der Waals surface area contributed by atoms with E-state index >= 15 is 0 Å². The Kier molecular flexibility index (Phi) is 4.72. The zero-order chi connectivity index (χ0) is 26.0. The maximum Gasteiger partial charge on any atom is 0.417 e. The van der Waals surface area contributed by atoms with Gasteiger partial charge in [0.1, 0.15) is 17.8 Å². The molecule has 1 amide bonds. The van der Waals surface area contributed by atoms with E-state index in [4.69, 9.17) is 4.42 Å². The van der Waals surface area contributed by atoms with Crippen molar-refractivity contribution >= 4 is 28.6 Å². The van der Waals surface area contributed by atoms with Crippen LogP contribution in [0.5, 0.6) is 0 Å². The van der Waals surface area contributed by atoms with Crippen LogP contribution < -0.4 is 11.1 Å². The van der Waals surface area contributed by atoms with Crippen LogP contribution in [-0.2, 0) is 29.5 Å². The van der Waals surface area contributed by atoms with Crippen LogP contribution >= 0.6 is 0 Å². The van der Waals surface area contributed by atoms with Crippen LogP contribution in [0, 0.1) is 6.92 Å². The largest absolute Gasteiger partial charge is 0.417 e. The fraction of sp³-hybridized carbons (Fsp3) is 0.172. The molecule has 0 saturated heterocycles. The van der Waals surface area contributed by atoms with Gasteiger partial charge in [-0.05, 0) is 66.3 Å². The Balaban J connectivity index is 1.15. The number of carbonyl (C=O) groups excluding carboxylic acids is 2. The first-order valence-electron chi connectivity index (χ1n) is 12.3. The van der Waals surface area contributed by atoms with E-state index in [1.807, 2.05) is 18.2 Å². The number of benzene rings is 2. The van der Waals surface area contributed by atoms with Crippen LogP contribution in [0.25, 0.3) is 11.1 Å². The normalized spacial score (nSPS) is 17.6. The summed E-state index contributed by atoms with van der Waals surface area (Å²) in [6.07, 6.45) is 4.85. The van der Waals surface area contributed by atoms with Gasteiger partial charge in [-0.3, -0.25) is 14.6 Å². The summed E-state index contributed by atoms with van der Waals surface area (Å²) in [5.74, 6) is -0.198. The number of rotatable bonds is 4. The molecule has 9 heteroatoms. The second-order valence-corrected chi connectivity index (χ2v) is 9.97. The average Bonchev–Trinajstić information content (AvgIpc) is 3.57. The summed E-state index contributed by atoms with van der Waals surface area (Å²) in [6, 6.07) is 15.1. The first-order chi connectivity index (χ1) is 18.4. The molecule has 2 aliphatic rings. The third-order valence-electron chi connectivity index (χ3n) is 7.58. The van der Waals surface area contributed by atoms with Crippen molar-refractivity contribution in [2.75, 3.05) is 5.32 Å².